The van der Waals surface area contributed by atoms with Crippen molar-refractivity contribution < 1.29 is 9.18 Å². The van der Waals surface area contributed by atoms with Crippen molar-refractivity contribution >= 4 is 17.3 Å². The van der Waals surface area contributed by atoms with Crippen LogP contribution in [-0.4, -0.2) is 29.2 Å². The number of halogens is 1. The molecular weight excluding hydrogens is 295 g/mol. The number of anilines is 2. The summed E-state index contributed by atoms with van der Waals surface area (Å²) in [6.45, 7) is 0. The molecule has 1 aliphatic rings. The highest BCUT2D eigenvalue weighted by atomic mass is 19.1. The average Bonchev–Trinajstić information content (AvgIpc) is 3.10. The molecule has 0 radical (unpaired) electrons. The molecule has 0 atom stereocenters. The minimum atomic E-state index is -0.338. The number of amides is 1. The van der Waals surface area contributed by atoms with Crippen LogP contribution < -0.4 is 10.2 Å². The first kappa shape index (κ1) is 15.5. The molecule has 1 fully saturated rings. The lowest BCUT2D eigenvalue weighted by atomic mass is 9.94. The van der Waals surface area contributed by atoms with E-state index in [0.717, 1.165) is 12.8 Å². The third-order valence-electron chi connectivity index (χ3n) is 4.45. The molecule has 1 aliphatic carbocycles. The number of hydrogen-bond donors (Lipinski definition) is 2. The molecular formula is C17H21FN4O. The quantitative estimate of drug-likeness (QED) is 0.906. The van der Waals surface area contributed by atoms with Crippen molar-refractivity contribution in [1.29, 1.82) is 0 Å². The number of aromatic amines is 1. The van der Waals surface area contributed by atoms with E-state index >= 15 is 0 Å². The lowest BCUT2D eigenvalue weighted by molar-refractivity contribution is 0.102. The van der Waals surface area contributed by atoms with Crippen molar-refractivity contribution in [2.45, 2.75) is 38.1 Å². The molecule has 6 heteroatoms. The van der Waals surface area contributed by atoms with Gasteiger partial charge in [-0.15, -0.1) is 0 Å². The number of hydrogen-bond acceptors (Lipinski definition) is 3. The number of nitrogens with zero attached hydrogens (tertiary/aromatic N) is 2. The van der Waals surface area contributed by atoms with Crippen molar-refractivity contribution in [2.24, 2.45) is 0 Å². The Morgan fingerprint density at radius 1 is 1.30 bits per heavy atom. The van der Waals surface area contributed by atoms with E-state index in [2.05, 4.69) is 15.5 Å². The Morgan fingerprint density at radius 2 is 2.09 bits per heavy atom. The lowest BCUT2D eigenvalue weighted by Crippen LogP contribution is -2.33. The van der Waals surface area contributed by atoms with Gasteiger partial charge in [-0.25, -0.2) is 4.39 Å². The maximum absolute atomic E-state index is 14.4. The van der Waals surface area contributed by atoms with E-state index in [0.29, 0.717) is 23.1 Å². The van der Waals surface area contributed by atoms with Gasteiger partial charge in [-0.1, -0.05) is 19.3 Å². The van der Waals surface area contributed by atoms with Crippen LogP contribution in [-0.2, 0) is 0 Å². The number of rotatable bonds is 4. The summed E-state index contributed by atoms with van der Waals surface area (Å²) < 4.78 is 14.4. The lowest BCUT2D eigenvalue weighted by Gasteiger charge is -2.33. The Labute approximate surface area is 134 Å². The third kappa shape index (κ3) is 3.52. The fourth-order valence-corrected chi connectivity index (χ4v) is 3.12. The van der Waals surface area contributed by atoms with E-state index in [4.69, 9.17) is 0 Å². The van der Waals surface area contributed by atoms with Gasteiger partial charge in [-0.3, -0.25) is 9.89 Å². The summed E-state index contributed by atoms with van der Waals surface area (Å²) in [5.74, 6) is -0.657. The number of carbonyl (C=O) groups excluding carboxylic acids is 1. The second-order valence-corrected chi connectivity index (χ2v) is 5.99. The maximum Gasteiger partial charge on any atom is 0.273 e. The second-order valence-electron chi connectivity index (χ2n) is 5.99. The smallest absolute Gasteiger partial charge is 0.273 e. The fraction of sp³-hybridized carbons (Fsp3) is 0.412. The summed E-state index contributed by atoms with van der Waals surface area (Å²) in [4.78, 5) is 14.0. The van der Waals surface area contributed by atoms with Crippen LogP contribution in [0, 0.1) is 5.82 Å². The molecule has 0 bridgehead atoms. The summed E-state index contributed by atoms with van der Waals surface area (Å²) in [5.41, 5.74) is 1.35. The number of nitrogens with one attached hydrogen (secondary N) is 2. The van der Waals surface area contributed by atoms with Crippen LogP contribution in [0.25, 0.3) is 0 Å². The Bertz CT molecular complexity index is 665. The van der Waals surface area contributed by atoms with Gasteiger partial charge in [0.1, 0.15) is 11.5 Å². The average molecular weight is 316 g/mol. The van der Waals surface area contributed by atoms with Crippen LogP contribution in [0.4, 0.5) is 15.8 Å². The molecule has 2 N–H and O–H groups in total. The van der Waals surface area contributed by atoms with E-state index in [1.165, 1.54) is 31.5 Å². The maximum atomic E-state index is 14.4. The van der Waals surface area contributed by atoms with Crippen molar-refractivity contribution in [3.05, 3.63) is 42.0 Å². The minimum Gasteiger partial charge on any atom is -0.369 e. The summed E-state index contributed by atoms with van der Waals surface area (Å²) in [6, 6.07) is 6.78. The SMILES string of the molecule is CN(c1ccc(NC(=O)c2ccn[nH]2)cc1F)C1CCCCC1. The Balaban J connectivity index is 1.71. The monoisotopic (exact) mass is 316 g/mol. The van der Waals surface area contributed by atoms with Gasteiger partial charge in [0.2, 0.25) is 0 Å². The molecule has 5 nitrogen and oxygen atoms in total. The Hall–Kier alpha value is -2.37. The highest BCUT2D eigenvalue weighted by Gasteiger charge is 2.20. The first-order chi connectivity index (χ1) is 11.1. The molecule has 0 spiro atoms. The van der Waals surface area contributed by atoms with Crippen molar-refractivity contribution in [3.63, 3.8) is 0 Å². The zero-order valence-electron chi connectivity index (χ0n) is 13.2. The van der Waals surface area contributed by atoms with E-state index < -0.39 is 0 Å². The van der Waals surface area contributed by atoms with Crippen LogP contribution in [0.5, 0.6) is 0 Å². The molecule has 3 rings (SSSR count). The van der Waals surface area contributed by atoms with Crippen molar-refractivity contribution in [1.82, 2.24) is 10.2 Å². The van der Waals surface area contributed by atoms with Gasteiger partial charge in [-0.2, -0.15) is 5.10 Å². The normalized spacial score (nSPS) is 15.4. The zero-order valence-corrected chi connectivity index (χ0v) is 13.2. The first-order valence-electron chi connectivity index (χ1n) is 7.98. The summed E-state index contributed by atoms with van der Waals surface area (Å²) in [5, 5.41) is 8.97. The standard InChI is InChI=1S/C17H21FN4O/c1-22(13-5-3-2-4-6-13)16-8-7-12(11-14(16)18)20-17(23)15-9-10-19-21-15/h7-11,13H,2-6H2,1H3,(H,19,21)(H,20,23). The van der Waals surface area contributed by atoms with Gasteiger partial charge >= 0.3 is 0 Å². The molecule has 0 saturated heterocycles. The second kappa shape index (κ2) is 6.81. The van der Waals surface area contributed by atoms with Crippen molar-refractivity contribution in [3.8, 4) is 0 Å². The van der Waals surface area contributed by atoms with Gasteiger partial charge in [0, 0.05) is 25.0 Å². The topological polar surface area (TPSA) is 61.0 Å². The number of carbonyl (C=O) groups is 1. The van der Waals surface area contributed by atoms with Gasteiger partial charge in [0.25, 0.3) is 5.91 Å². The zero-order chi connectivity index (χ0) is 16.2. The molecule has 1 heterocycles. The molecule has 1 aromatic carbocycles. The van der Waals surface area contributed by atoms with E-state index in [1.807, 2.05) is 11.9 Å². The van der Waals surface area contributed by atoms with Crippen molar-refractivity contribution in [2.75, 3.05) is 17.3 Å². The molecule has 23 heavy (non-hydrogen) atoms. The third-order valence-corrected chi connectivity index (χ3v) is 4.45. The van der Waals surface area contributed by atoms with Gasteiger partial charge in [0.05, 0.1) is 5.69 Å². The highest BCUT2D eigenvalue weighted by Crippen LogP contribution is 2.29. The Kier molecular flexibility index (Phi) is 4.60. The number of H-pyrrole nitrogens is 1. The van der Waals surface area contributed by atoms with Crippen LogP contribution in [0.1, 0.15) is 42.6 Å². The molecule has 2 aromatic rings. The highest BCUT2D eigenvalue weighted by molar-refractivity contribution is 6.02. The molecule has 1 amide bonds. The van der Waals surface area contributed by atoms with E-state index in [1.54, 1.807) is 18.2 Å². The largest absolute Gasteiger partial charge is 0.369 e. The number of aromatic nitrogens is 2. The summed E-state index contributed by atoms with van der Waals surface area (Å²) in [7, 11) is 1.94. The minimum absolute atomic E-state index is 0.319. The fourth-order valence-electron chi connectivity index (χ4n) is 3.12. The van der Waals surface area contributed by atoms with E-state index in [9.17, 15) is 9.18 Å². The first-order valence-corrected chi connectivity index (χ1v) is 7.98. The van der Waals surface area contributed by atoms with Crippen LogP contribution >= 0.6 is 0 Å². The predicted molar refractivity (Wildman–Crippen MR) is 88.2 cm³/mol. The predicted octanol–water partition coefficient (Wildman–Crippen LogP) is 3.57. The molecule has 1 aromatic heterocycles. The van der Waals surface area contributed by atoms with Gasteiger partial charge in [-0.05, 0) is 37.1 Å². The van der Waals surface area contributed by atoms with Gasteiger partial charge < -0.3 is 10.2 Å². The van der Waals surface area contributed by atoms with Crippen LogP contribution in [0.15, 0.2) is 30.5 Å². The van der Waals surface area contributed by atoms with Crippen LogP contribution in [0.3, 0.4) is 0 Å². The summed E-state index contributed by atoms with van der Waals surface area (Å²) >= 11 is 0. The number of benzene rings is 1. The molecule has 122 valence electrons. The van der Waals surface area contributed by atoms with E-state index in [-0.39, 0.29) is 11.7 Å². The molecule has 0 aliphatic heterocycles. The van der Waals surface area contributed by atoms with Crippen LogP contribution in [0.2, 0.25) is 0 Å². The Morgan fingerprint density at radius 3 is 2.74 bits per heavy atom. The molecule has 0 unspecified atom stereocenters. The molecule has 1 saturated carbocycles. The summed E-state index contributed by atoms with van der Waals surface area (Å²) in [6.07, 6.45) is 7.38. The van der Waals surface area contributed by atoms with Gasteiger partial charge in [0.15, 0.2) is 0 Å².